The van der Waals surface area contributed by atoms with Gasteiger partial charge in [-0.3, -0.25) is 20.0 Å². The van der Waals surface area contributed by atoms with Gasteiger partial charge in [0.1, 0.15) is 5.82 Å². The van der Waals surface area contributed by atoms with Gasteiger partial charge in [-0.25, -0.2) is 9.37 Å². The minimum Gasteiger partial charge on any atom is -0.317 e. The maximum absolute atomic E-state index is 13.5. The number of nitrogens with zero attached hydrogens (tertiary/aromatic N) is 3. The van der Waals surface area contributed by atoms with Crippen LogP contribution in [0.25, 0.3) is 0 Å². The summed E-state index contributed by atoms with van der Waals surface area (Å²) in [4.78, 5) is 25.1. The van der Waals surface area contributed by atoms with Gasteiger partial charge in [-0.15, -0.1) is 5.10 Å². The molecule has 1 aromatic carbocycles. The fourth-order valence-corrected chi connectivity index (χ4v) is 1.34. The second-order valence-electron chi connectivity index (χ2n) is 3.62. The molecule has 0 spiro atoms. The Bertz CT molecular complexity index is 654. The van der Waals surface area contributed by atoms with Crippen molar-refractivity contribution < 1.29 is 14.1 Å². The molecule has 0 atom stereocenters. The number of rotatable bonds is 3. The number of nitro groups is 1. The fraction of sp³-hybridized carbons (Fsp3) is 0.100. The zero-order valence-electron chi connectivity index (χ0n) is 9.68. The van der Waals surface area contributed by atoms with Crippen LogP contribution in [0.2, 0.25) is 0 Å². The zero-order chi connectivity index (χ0) is 14.0. The van der Waals surface area contributed by atoms with Gasteiger partial charge in [-0.2, -0.15) is 0 Å². The summed E-state index contributed by atoms with van der Waals surface area (Å²) in [7, 11) is 0. The minimum atomic E-state index is -0.908. The van der Waals surface area contributed by atoms with Gasteiger partial charge >= 0.3 is 0 Å². The highest BCUT2D eigenvalue weighted by Crippen LogP contribution is 2.20. The van der Waals surface area contributed by atoms with Crippen LogP contribution in [0.3, 0.4) is 0 Å². The largest absolute Gasteiger partial charge is 0.317 e. The molecular weight excluding hydrogens is 257 g/mol. The van der Waals surface area contributed by atoms with Crippen LogP contribution in [0.15, 0.2) is 18.2 Å². The van der Waals surface area contributed by atoms with Crippen LogP contribution < -0.4 is 5.32 Å². The first kappa shape index (κ1) is 12.6. The summed E-state index contributed by atoms with van der Waals surface area (Å²) >= 11 is 0. The normalized spacial score (nSPS) is 10.2. The van der Waals surface area contributed by atoms with Crippen LogP contribution in [-0.2, 0) is 0 Å². The molecule has 0 saturated heterocycles. The number of aromatic nitrogens is 3. The molecule has 2 N–H and O–H groups in total. The third-order valence-corrected chi connectivity index (χ3v) is 2.21. The molecule has 0 aliphatic rings. The van der Waals surface area contributed by atoms with Gasteiger partial charge in [0.2, 0.25) is 5.82 Å². The number of anilines is 1. The first-order valence-electron chi connectivity index (χ1n) is 5.11. The number of carbonyl (C=O) groups excluding carboxylic acids is 1. The SMILES string of the molecule is Cc1nc(C(=O)Nc2ccc([N+](=O)[O-])cc2F)n[nH]1. The molecule has 9 heteroatoms. The maximum Gasteiger partial charge on any atom is 0.295 e. The molecule has 0 unspecified atom stereocenters. The van der Waals surface area contributed by atoms with Gasteiger partial charge in [0.05, 0.1) is 16.7 Å². The summed E-state index contributed by atoms with van der Waals surface area (Å²) in [6, 6.07) is 2.91. The maximum atomic E-state index is 13.5. The Morgan fingerprint density at radius 2 is 2.26 bits per heavy atom. The Labute approximate surface area is 105 Å². The highest BCUT2D eigenvalue weighted by Gasteiger charge is 2.16. The van der Waals surface area contributed by atoms with Crippen molar-refractivity contribution >= 4 is 17.3 Å². The summed E-state index contributed by atoms with van der Waals surface area (Å²) in [6.07, 6.45) is 0. The lowest BCUT2D eigenvalue weighted by Gasteiger charge is -2.03. The monoisotopic (exact) mass is 265 g/mol. The summed E-state index contributed by atoms with van der Waals surface area (Å²) in [5.74, 6) is -1.32. The van der Waals surface area contributed by atoms with Crippen molar-refractivity contribution in [2.24, 2.45) is 0 Å². The third-order valence-electron chi connectivity index (χ3n) is 2.21. The number of H-pyrrole nitrogens is 1. The van der Waals surface area contributed by atoms with E-state index in [1.54, 1.807) is 6.92 Å². The van der Waals surface area contributed by atoms with Gasteiger partial charge < -0.3 is 5.32 Å². The summed E-state index contributed by atoms with van der Waals surface area (Å²) in [6.45, 7) is 1.61. The van der Waals surface area contributed by atoms with E-state index in [4.69, 9.17) is 0 Å². The highest BCUT2D eigenvalue weighted by molar-refractivity contribution is 6.01. The molecule has 0 fully saturated rings. The van der Waals surface area contributed by atoms with Crippen molar-refractivity contribution in [2.45, 2.75) is 6.92 Å². The van der Waals surface area contributed by atoms with E-state index in [0.29, 0.717) is 5.82 Å². The summed E-state index contributed by atoms with van der Waals surface area (Å²) < 4.78 is 13.5. The molecule has 0 radical (unpaired) electrons. The van der Waals surface area contributed by atoms with Crippen LogP contribution in [0.1, 0.15) is 16.4 Å². The number of benzene rings is 1. The second-order valence-corrected chi connectivity index (χ2v) is 3.62. The van der Waals surface area contributed by atoms with Crippen molar-refractivity contribution in [1.29, 1.82) is 0 Å². The second kappa shape index (κ2) is 4.80. The quantitative estimate of drug-likeness (QED) is 0.643. The number of hydrogen-bond acceptors (Lipinski definition) is 5. The zero-order valence-corrected chi connectivity index (χ0v) is 9.68. The topological polar surface area (TPSA) is 114 Å². The molecular formula is C10H8FN5O3. The van der Waals surface area contributed by atoms with E-state index in [2.05, 4.69) is 20.5 Å². The molecule has 0 aliphatic carbocycles. The van der Waals surface area contributed by atoms with Crippen molar-refractivity contribution in [3.63, 3.8) is 0 Å². The molecule has 2 aromatic rings. The Kier molecular flexibility index (Phi) is 3.19. The van der Waals surface area contributed by atoms with Crippen LogP contribution in [0, 0.1) is 22.9 Å². The number of halogens is 1. The average Bonchev–Trinajstić information content (AvgIpc) is 2.78. The van der Waals surface area contributed by atoms with E-state index in [1.807, 2.05) is 0 Å². The van der Waals surface area contributed by atoms with Crippen LogP contribution in [0.5, 0.6) is 0 Å². The van der Waals surface area contributed by atoms with E-state index in [-0.39, 0.29) is 11.5 Å². The van der Waals surface area contributed by atoms with Crippen molar-refractivity contribution in [2.75, 3.05) is 5.32 Å². The standard InChI is InChI=1S/C10H8FN5O3/c1-5-12-9(15-14-5)10(17)13-8-3-2-6(16(18)19)4-7(8)11/h2-4H,1H3,(H,13,17)(H,12,14,15). The lowest BCUT2D eigenvalue weighted by atomic mass is 10.2. The Morgan fingerprint density at radius 3 is 2.79 bits per heavy atom. The lowest BCUT2D eigenvalue weighted by Crippen LogP contribution is -2.14. The van der Waals surface area contributed by atoms with Gasteiger partial charge in [-0.1, -0.05) is 0 Å². The molecule has 8 nitrogen and oxygen atoms in total. The molecule has 98 valence electrons. The van der Waals surface area contributed by atoms with Crippen LogP contribution >= 0.6 is 0 Å². The van der Waals surface area contributed by atoms with E-state index in [0.717, 1.165) is 18.2 Å². The van der Waals surface area contributed by atoms with Crippen LogP contribution in [-0.4, -0.2) is 26.0 Å². The Balaban J connectivity index is 2.20. The van der Waals surface area contributed by atoms with Crippen molar-refractivity contribution in [1.82, 2.24) is 15.2 Å². The summed E-state index contributed by atoms with van der Waals surface area (Å²) in [5, 5.41) is 18.7. The molecule has 0 bridgehead atoms. The average molecular weight is 265 g/mol. The van der Waals surface area contributed by atoms with Crippen molar-refractivity contribution in [3.05, 3.63) is 45.8 Å². The molecule has 2 rings (SSSR count). The number of nitrogens with one attached hydrogen (secondary N) is 2. The van der Waals surface area contributed by atoms with Crippen LogP contribution in [0.4, 0.5) is 15.8 Å². The predicted molar refractivity (Wildman–Crippen MR) is 62.1 cm³/mol. The van der Waals surface area contributed by atoms with Gasteiger partial charge in [-0.05, 0) is 13.0 Å². The fourth-order valence-electron chi connectivity index (χ4n) is 1.34. The highest BCUT2D eigenvalue weighted by atomic mass is 19.1. The first-order valence-corrected chi connectivity index (χ1v) is 5.11. The molecule has 0 aliphatic heterocycles. The van der Waals surface area contributed by atoms with E-state index in [1.165, 1.54) is 0 Å². The number of carbonyl (C=O) groups is 1. The third kappa shape index (κ3) is 2.70. The van der Waals surface area contributed by atoms with Gasteiger partial charge in [0.15, 0.2) is 5.82 Å². The predicted octanol–water partition coefficient (Wildman–Crippen LogP) is 1.41. The van der Waals surface area contributed by atoms with E-state index >= 15 is 0 Å². The molecule has 1 amide bonds. The van der Waals surface area contributed by atoms with Crippen molar-refractivity contribution in [3.8, 4) is 0 Å². The minimum absolute atomic E-state index is 0.143. The summed E-state index contributed by atoms with van der Waals surface area (Å²) in [5.41, 5.74) is -0.581. The first-order chi connectivity index (χ1) is 8.97. The Morgan fingerprint density at radius 1 is 1.53 bits per heavy atom. The number of aromatic amines is 1. The van der Waals surface area contributed by atoms with E-state index in [9.17, 15) is 19.3 Å². The van der Waals surface area contributed by atoms with Gasteiger partial charge in [0.25, 0.3) is 11.6 Å². The number of aryl methyl sites for hydroxylation is 1. The molecule has 1 heterocycles. The number of amides is 1. The number of non-ortho nitro benzene ring substituents is 1. The smallest absolute Gasteiger partial charge is 0.295 e. The molecule has 19 heavy (non-hydrogen) atoms. The lowest BCUT2D eigenvalue weighted by molar-refractivity contribution is -0.385. The number of hydrogen-bond donors (Lipinski definition) is 2. The van der Waals surface area contributed by atoms with E-state index < -0.39 is 22.3 Å². The van der Waals surface area contributed by atoms with Gasteiger partial charge in [0, 0.05) is 6.07 Å². The molecule has 1 aromatic heterocycles. The Hall–Kier alpha value is -2.84. The number of nitro benzene ring substituents is 1. The molecule has 0 saturated carbocycles.